The van der Waals surface area contributed by atoms with Crippen LogP contribution in [0, 0.1) is 17.5 Å². The fourth-order valence-corrected chi connectivity index (χ4v) is 2.68. The van der Waals surface area contributed by atoms with Gasteiger partial charge in [0.05, 0.1) is 15.6 Å². The van der Waals surface area contributed by atoms with Crippen molar-refractivity contribution in [3.8, 4) is 0 Å². The predicted molar refractivity (Wildman–Crippen MR) is 68.6 cm³/mol. The third kappa shape index (κ3) is 2.88. The highest BCUT2D eigenvalue weighted by molar-refractivity contribution is 7.92. The van der Waals surface area contributed by atoms with Gasteiger partial charge < -0.3 is 0 Å². The van der Waals surface area contributed by atoms with Crippen LogP contribution in [0.5, 0.6) is 0 Å². The number of benzene rings is 2. The molecule has 0 aromatic heterocycles. The Morgan fingerprint density at radius 1 is 1.00 bits per heavy atom. The summed E-state index contributed by atoms with van der Waals surface area (Å²) in [7, 11) is -4.25. The summed E-state index contributed by atoms with van der Waals surface area (Å²) >= 11 is 5.52. The maximum atomic E-state index is 13.6. The molecule has 0 spiro atoms. The summed E-state index contributed by atoms with van der Waals surface area (Å²) in [5, 5.41) is -0.268. The van der Waals surface area contributed by atoms with Crippen molar-refractivity contribution in [2.45, 2.75) is 4.90 Å². The Bertz CT molecular complexity index is 765. The second-order valence-corrected chi connectivity index (χ2v) is 5.87. The topological polar surface area (TPSA) is 46.2 Å². The van der Waals surface area contributed by atoms with Gasteiger partial charge in [0.15, 0.2) is 17.5 Å². The van der Waals surface area contributed by atoms with Gasteiger partial charge in [-0.2, -0.15) is 0 Å². The molecule has 0 bridgehead atoms. The Hall–Kier alpha value is -1.73. The maximum Gasteiger partial charge on any atom is 0.262 e. The number of rotatable bonds is 3. The van der Waals surface area contributed by atoms with Crippen molar-refractivity contribution in [2.24, 2.45) is 0 Å². The van der Waals surface area contributed by atoms with E-state index in [1.165, 1.54) is 12.1 Å². The van der Waals surface area contributed by atoms with E-state index in [1.54, 1.807) is 0 Å². The summed E-state index contributed by atoms with van der Waals surface area (Å²) in [6.07, 6.45) is 0. The largest absolute Gasteiger partial charge is 0.277 e. The van der Waals surface area contributed by atoms with E-state index in [0.717, 1.165) is 12.1 Å². The smallest absolute Gasteiger partial charge is 0.262 e. The summed E-state index contributed by atoms with van der Waals surface area (Å²) in [5.41, 5.74) is -0.387. The van der Waals surface area contributed by atoms with Crippen LogP contribution in [0.25, 0.3) is 0 Å². The van der Waals surface area contributed by atoms with Crippen LogP contribution in [0.3, 0.4) is 0 Å². The number of anilines is 1. The third-order valence-corrected chi connectivity index (χ3v) is 4.05. The van der Waals surface area contributed by atoms with E-state index >= 15 is 0 Å². The van der Waals surface area contributed by atoms with Gasteiger partial charge in [-0.3, -0.25) is 4.72 Å². The van der Waals surface area contributed by atoms with Crippen molar-refractivity contribution in [3.05, 3.63) is 58.9 Å². The molecule has 0 saturated heterocycles. The van der Waals surface area contributed by atoms with Gasteiger partial charge in [0, 0.05) is 0 Å². The van der Waals surface area contributed by atoms with E-state index in [0.29, 0.717) is 12.1 Å². The monoisotopic (exact) mass is 321 g/mol. The minimum Gasteiger partial charge on any atom is -0.277 e. The molecule has 0 radical (unpaired) electrons. The van der Waals surface area contributed by atoms with E-state index in [-0.39, 0.29) is 10.7 Å². The summed E-state index contributed by atoms with van der Waals surface area (Å²) in [6.45, 7) is 0. The first-order valence-corrected chi connectivity index (χ1v) is 7.09. The van der Waals surface area contributed by atoms with Crippen molar-refractivity contribution in [1.82, 2.24) is 0 Å². The molecule has 2 aromatic rings. The molecule has 0 amide bonds. The lowest BCUT2D eigenvalue weighted by molar-refractivity contribution is 0.504. The lowest BCUT2D eigenvalue weighted by Crippen LogP contribution is -2.14. The average Bonchev–Trinajstić information content (AvgIpc) is 2.38. The summed E-state index contributed by atoms with van der Waals surface area (Å²) in [6, 6.07) is 5.76. The number of hydrogen-bond acceptors (Lipinski definition) is 2. The van der Waals surface area contributed by atoms with E-state index in [4.69, 9.17) is 11.6 Å². The molecule has 3 nitrogen and oxygen atoms in total. The Labute approximate surface area is 118 Å². The second-order valence-electron chi connectivity index (χ2n) is 3.78. The molecule has 106 valence electrons. The molecular formula is C12H7ClF3NO2S. The Morgan fingerprint density at radius 2 is 1.70 bits per heavy atom. The van der Waals surface area contributed by atoms with Gasteiger partial charge in [0.2, 0.25) is 0 Å². The van der Waals surface area contributed by atoms with Gasteiger partial charge in [0.25, 0.3) is 10.0 Å². The van der Waals surface area contributed by atoms with Crippen LogP contribution in [0.4, 0.5) is 18.9 Å². The van der Waals surface area contributed by atoms with Gasteiger partial charge in [-0.05, 0) is 30.3 Å². The van der Waals surface area contributed by atoms with Crippen molar-refractivity contribution < 1.29 is 21.6 Å². The zero-order chi connectivity index (χ0) is 14.9. The van der Waals surface area contributed by atoms with Gasteiger partial charge in [-0.15, -0.1) is 0 Å². The lowest BCUT2D eigenvalue weighted by Gasteiger charge is -2.09. The van der Waals surface area contributed by atoms with Crippen molar-refractivity contribution in [1.29, 1.82) is 0 Å². The molecule has 0 atom stereocenters. The molecule has 0 aliphatic rings. The number of hydrogen-bond donors (Lipinski definition) is 1. The number of nitrogens with one attached hydrogen (secondary N) is 1. The predicted octanol–water partition coefficient (Wildman–Crippen LogP) is 3.56. The van der Waals surface area contributed by atoms with Crippen molar-refractivity contribution >= 4 is 27.3 Å². The molecule has 0 aliphatic carbocycles. The first kappa shape index (κ1) is 14.7. The molecule has 0 fully saturated rings. The van der Waals surface area contributed by atoms with Crippen LogP contribution in [-0.4, -0.2) is 8.42 Å². The van der Waals surface area contributed by atoms with Crippen LogP contribution in [0.2, 0.25) is 5.02 Å². The second kappa shape index (κ2) is 5.34. The zero-order valence-corrected chi connectivity index (χ0v) is 11.3. The molecule has 0 saturated carbocycles. The fourth-order valence-electron chi connectivity index (χ4n) is 1.43. The molecule has 0 unspecified atom stereocenters. The molecule has 20 heavy (non-hydrogen) atoms. The average molecular weight is 322 g/mol. The van der Waals surface area contributed by atoms with Crippen LogP contribution in [-0.2, 0) is 10.0 Å². The van der Waals surface area contributed by atoms with E-state index in [1.807, 2.05) is 4.72 Å². The Kier molecular flexibility index (Phi) is 3.92. The molecule has 0 aliphatic heterocycles. The molecule has 2 rings (SSSR count). The van der Waals surface area contributed by atoms with Crippen molar-refractivity contribution in [2.75, 3.05) is 4.72 Å². The fraction of sp³-hybridized carbons (Fsp3) is 0. The van der Waals surface area contributed by atoms with E-state index in [9.17, 15) is 21.6 Å². The molecule has 2 aromatic carbocycles. The third-order valence-electron chi connectivity index (χ3n) is 2.40. The van der Waals surface area contributed by atoms with Gasteiger partial charge >= 0.3 is 0 Å². The summed E-state index contributed by atoms with van der Waals surface area (Å²) in [5.74, 6) is -3.46. The molecular weight excluding hydrogens is 315 g/mol. The zero-order valence-electron chi connectivity index (χ0n) is 9.70. The highest BCUT2D eigenvalue weighted by Gasteiger charge is 2.19. The first-order chi connectivity index (χ1) is 9.31. The normalized spacial score (nSPS) is 11.4. The standard InChI is InChI=1S/C12H7ClF3NO2S/c13-8-2-1-3-11(12(8)16)17-20(18,19)7-4-5-9(14)10(15)6-7/h1-6,17H. The Balaban J connectivity index is 2.41. The van der Waals surface area contributed by atoms with Crippen LogP contribution in [0.15, 0.2) is 41.3 Å². The summed E-state index contributed by atoms with van der Waals surface area (Å²) < 4.78 is 65.1. The van der Waals surface area contributed by atoms with Crippen LogP contribution >= 0.6 is 11.6 Å². The first-order valence-electron chi connectivity index (χ1n) is 5.23. The van der Waals surface area contributed by atoms with E-state index in [2.05, 4.69) is 0 Å². The highest BCUT2D eigenvalue weighted by Crippen LogP contribution is 2.25. The highest BCUT2D eigenvalue weighted by atomic mass is 35.5. The van der Waals surface area contributed by atoms with Crippen LogP contribution in [0.1, 0.15) is 0 Å². The van der Waals surface area contributed by atoms with Gasteiger partial charge in [-0.25, -0.2) is 21.6 Å². The van der Waals surface area contributed by atoms with E-state index < -0.39 is 32.4 Å². The van der Waals surface area contributed by atoms with Crippen molar-refractivity contribution in [3.63, 3.8) is 0 Å². The molecule has 8 heteroatoms. The lowest BCUT2D eigenvalue weighted by atomic mass is 10.3. The number of sulfonamides is 1. The summed E-state index contributed by atoms with van der Waals surface area (Å²) in [4.78, 5) is -0.532. The number of halogens is 4. The minimum absolute atomic E-state index is 0.268. The Morgan fingerprint density at radius 3 is 2.35 bits per heavy atom. The minimum atomic E-state index is -4.25. The quantitative estimate of drug-likeness (QED) is 0.939. The SMILES string of the molecule is O=S(=O)(Nc1cccc(Cl)c1F)c1ccc(F)c(F)c1. The maximum absolute atomic E-state index is 13.6. The van der Waals surface area contributed by atoms with Gasteiger partial charge in [-0.1, -0.05) is 17.7 Å². The van der Waals surface area contributed by atoms with Gasteiger partial charge in [0.1, 0.15) is 0 Å². The molecule has 0 heterocycles. The van der Waals surface area contributed by atoms with Crippen LogP contribution < -0.4 is 4.72 Å². The molecule has 1 N–H and O–H groups in total.